The normalized spacial score (nSPS) is 15.8. The summed E-state index contributed by atoms with van der Waals surface area (Å²) in [7, 11) is 0. The summed E-state index contributed by atoms with van der Waals surface area (Å²) in [5, 5.41) is 2.48. The Balaban J connectivity index is 1.71. The van der Waals surface area contributed by atoms with Crippen LogP contribution >= 0.6 is 0 Å². The quantitative estimate of drug-likeness (QED) is 0.412. The van der Waals surface area contributed by atoms with Crippen molar-refractivity contribution in [3.8, 4) is 5.75 Å². The van der Waals surface area contributed by atoms with Crippen LogP contribution in [-0.2, 0) is 0 Å². The summed E-state index contributed by atoms with van der Waals surface area (Å²) in [4.78, 5) is 0. The predicted molar refractivity (Wildman–Crippen MR) is 107 cm³/mol. The molecule has 1 heterocycles. The van der Waals surface area contributed by atoms with E-state index in [1.165, 1.54) is 27.5 Å². The monoisotopic (exact) mass is 334 g/mol. The van der Waals surface area contributed by atoms with Crippen molar-refractivity contribution in [2.24, 2.45) is 0 Å². The maximum Gasteiger partial charge on any atom is 0.143 e. The smallest absolute Gasteiger partial charge is 0.143 e. The molecule has 26 heavy (non-hydrogen) atoms. The van der Waals surface area contributed by atoms with Crippen molar-refractivity contribution in [2.75, 3.05) is 0 Å². The molecule has 0 bridgehead atoms. The highest BCUT2D eigenvalue weighted by atomic mass is 16.5. The molecule has 0 saturated heterocycles. The lowest BCUT2D eigenvalue weighted by Crippen LogP contribution is -2.12. The fourth-order valence-corrected chi connectivity index (χ4v) is 3.73. The minimum absolute atomic E-state index is 0.105. The molecule has 5 rings (SSSR count). The Morgan fingerprint density at radius 2 is 1.35 bits per heavy atom. The Labute approximate surface area is 153 Å². The van der Waals surface area contributed by atoms with Crippen LogP contribution in [0.3, 0.4) is 0 Å². The van der Waals surface area contributed by atoms with Crippen LogP contribution in [0.5, 0.6) is 5.75 Å². The van der Waals surface area contributed by atoms with Crippen LogP contribution in [0.15, 0.2) is 103 Å². The van der Waals surface area contributed by atoms with Crippen molar-refractivity contribution in [3.63, 3.8) is 0 Å². The standard InChI is InChI=1S/C25H18O/c1-2-9-19(10-3-1)23-17-25(26-24-16-7-6-14-22(23)24)21-15-8-12-18-11-4-5-13-20(18)21/h1-17,25H. The fourth-order valence-electron chi connectivity index (χ4n) is 3.73. The molecule has 0 radical (unpaired) electrons. The van der Waals surface area contributed by atoms with Gasteiger partial charge in [-0.1, -0.05) is 91.0 Å². The lowest BCUT2D eigenvalue weighted by Gasteiger charge is -2.27. The number of rotatable bonds is 2. The van der Waals surface area contributed by atoms with Crippen molar-refractivity contribution < 1.29 is 4.74 Å². The second-order valence-corrected chi connectivity index (χ2v) is 6.55. The number of benzene rings is 4. The minimum atomic E-state index is -0.105. The molecule has 0 aromatic heterocycles. The van der Waals surface area contributed by atoms with E-state index in [-0.39, 0.29) is 6.10 Å². The Hall–Kier alpha value is -3.32. The van der Waals surface area contributed by atoms with E-state index in [0.717, 1.165) is 11.3 Å². The average Bonchev–Trinajstić information content (AvgIpc) is 2.73. The summed E-state index contributed by atoms with van der Waals surface area (Å²) in [6, 6.07) is 33.7. The molecule has 1 unspecified atom stereocenters. The lowest BCUT2D eigenvalue weighted by molar-refractivity contribution is 0.252. The van der Waals surface area contributed by atoms with Gasteiger partial charge in [0.05, 0.1) is 0 Å². The maximum absolute atomic E-state index is 6.40. The molecule has 0 aliphatic carbocycles. The van der Waals surface area contributed by atoms with Crippen molar-refractivity contribution in [1.82, 2.24) is 0 Å². The van der Waals surface area contributed by atoms with Gasteiger partial charge in [0.25, 0.3) is 0 Å². The van der Waals surface area contributed by atoms with E-state index < -0.39 is 0 Å². The van der Waals surface area contributed by atoms with E-state index >= 15 is 0 Å². The topological polar surface area (TPSA) is 9.23 Å². The molecule has 0 amide bonds. The first kappa shape index (κ1) is 15.0. The third-order valence-corrected chi connectivity index (χ3v) is 4.96. The molecule has 0 saturated carbocycles. The van der Waals surface area contributed by atoms with Gasteiger partial charge < -0.3 is 4.74 Å². The van der Waals surface area contributed by atoms with E-state index in [1.807, 2.05) is 6.07 Å². The lowest BCUT2D eigenvalue weighted by atomic mass is 9.90. The van der Waals surface area contributed by atoms with Gasteiger partial charge in [-0.2, -0.15) is 0 Å². The summed E-state index contributed by atoms with van der Waals surface area (Å²) in [5.41, 5.74) is 4.79. The number of hydrogen-bond donors (Lipinski definition) is 0. The maximum atomic E-state index is 6.40. The third-order valence-electron chi connectivity index (χ3n) is 4.96. The molecule has 1 aliphatic heterocycles. The SMILES string of the molecule is C1=C(c2ccccc2)c2ccccc2OC1c1cccc2ccccc12. The molecule has 0 N–H and O–H groups in total. The molecule has 124 valence electrons. The van der Waals surface area contributed by atoms with Gasteiger partial charge in [0.2, 0.25) is 0 Å². The van der Waals surface area contributed by atoms with E-state index in [1.54, 1.807) is 0 Å². The Kier molecular flexibility index (Phi) is 3.57. The van der Waals surface area contributed by atoms with Gasteiger partial charge in [-0.15, -0.1) is 0 Å². The molecule has 1 heteroatoms. The molecule has 1 atom stereocenters. The average molecular weight is 334 g/mol. The first-order valence-electron chi connectivity index (χ1n) is 8.91. The minimum Gasteiger partial charge on any atom is -0.481 e. The van der Waals surface area contributed by atoms with Crippen LogP contribution in [0.2, 0.25) is 0 Å². The molecule has 1 aliphatic rings. The van der Waals surface area contributed by atoms with Crippen LogP contribution in [0.4, 0.5) is 0 Å². The number of ether oxygens (including phenoxy) is 1. The fraction of sp³-hybridized carbons (Fsp3) is 0.0400. The number of fused-ring (bicyclic) bond motifs is 2. The van der Waals surface area contributed by atoms with Gasteiger partial charge in [0.15, 0.2) is 0 Å². The summed E-state index contributed by atoms with van der Waals surface area (Å²) < 4.78 is 6.40. The van der Waals surface area contributed by atoms with Crippen LogP contribution in [0.25, 0.3) is 16.3 Å². The van der Waals surface area contributed by atoms with Gasteiger partial charge in [-0.3, -0.25) is 0 Å². The highest BCUT2D eigenvalue weighted by Gasteiger charge is 2.23. The molecule has 1 nitrogen and oxygen atoms in total. The highest BCUT2D eigenvalue weighted by molar-refractivity contribution is 5.88. The molecular weight excluding hydrogens is 316 g/mol. The van der Waals surface area contributed by atoms with Crippen LogP contribution in [0, 0.1) is 0 Å². The van der Waals surface area contributed by atoms with E-state index in [2.05, 4.69) is 97.1 Å². The first-order valence-corrected chi connectivity index (χ1v) is 8.91. The summed E-state index contributed by atoms with van der Waals surface area (Å²) in [5.74, 6) is 0.937. The summed E-state index contributed by atoms with van der Waals surface area (Å²) >= 11 is 0. The number of hydrogen-bond acceptors (Lipinski definition) is 1. The van der Waals surface area contributed by atoms with Gasteiger partial charge in [-0.05, 0) is 34.1 Å². The van der Waals surface area contributed by atoms with Crippen molar-refractivity contribution in [3.05, 3.63) is 120 Å². The molecule has 0 fully saturated rings. The molecule has 4 aromatic rings. The molecule has 4 aromatic carbocycles. The van der Waals surface area contributed by atoms with Gasteiger partial charge in [0, 0.05) is 11.1 Å². The number of para-hydroxylation sites is 1. The van der Waals surface area contributed by atoms with Gasteiger partial charge in [0.1, 0.15) is 11.9 Å². The van der Waals surface area contributed by atoms with Gasteiger partial charge >= 0.3 is 0 Å². The van der Waals surface area contributed by atoms with Crippen molar-refractivity contribution in [1.29, 1.82) is 0 Å². The predicted octanol–water partition coefficient (Wildman–Crippen LogP) is 6.41. The molecule has 0 spiro atoms. The van der Waals surface area contributed by atoms with Crippen LogP contribution < -0.4 is 4.74 Å². The largest absolute Gasteiger partial charge is 0.481 e. The zero-order chi connectivity index (χ0) is 17.3. The zero-order valence-corrected chi connectivity index (χ0v) is 14.3. The Morgan fingerprint density at radius 1 is 0.615 bits per heavy atom. The second kappa shape index (κ2) is 6.20. The van der Waals surface area contributed by atoms with E-state index in [0.29, 0.717) is 0 Å². The van der Waals surface area contributed by atoms with Gasteiger partial charge in [-0.25, -0.2) is 0 Å². The van der Waals surface area contributed by atoms with E-state index in [9.17, 15) is 0 Å². The molecular formula is C25H18O. The van der Waals surface area contributed by atoms with E-state index in [4.69, 9.17) is 4.74 Å². The summed E-state index contributed by atoms with van der Waals surface area (Å²) in [6.07, 6.45) is 2.14. The Bertz CT molecular complexity index is 1100. The Morgan fingerprint density at radius 3 is 2.27 bits per heavy atom. The van der Waals surface area contributed by atoms with Crippen molar-refractivity contribution >= 4 is 16.3 Å². The van der Waals surface area contributed by atoms with Crippen LogP contribution in [-0.4, -0.2) is 0 Å². The van der Waals surface area contributed by atoms with Crippen LogP contribution in [0.1, 0.15) is 22.8 Å². The van der Waals surface area contributed by atoms with Crippen molar-refractivity contribution in [2.45, 2.75) is 6.10 Å². The first-order chi connectivity index (χ1) is 12.9. The highest BCUT2D eigenvalue weighted by Crippen LogP contribution is 2.41. The second-order valence-electron chi connectivity index (χ2n) is 6.55. The third kappa shape index (κ3) is 2.49. The zero-order valence-electron chi connectivity index (χ0n) is 14.3. The summed E-state index contributed by atoms with van der Waals surface area (Å²) in [6.45, 7) is 0.